The zero-order valence-electron chi connectivity index (χ0n) is 9.05. The van der Waals surface area contributed by atoms with Crippen LogP contribution < -0.4 is 5.36 Å². The van der Waals surface area contributed by atoms with Gasteiger partial charge in [-0.3, -0.25) is 4.79 Å². The van der Waals surface area contributed by atoms with Crippen molar-refractivity contribution in [2.75, 3.05) is 0 Å². The van der Waals surface area contributed by atoms with Crippen LogP contribution in [0.4, 0.5) is 0 Å². The van der Waals surface area contributed by atoms with E-state index < -0.39 is 5.91 Å². The van der Waals surface area contributed by atoms with Crippen LogP contribution in [0.2, 0.25) is 10.2 Å². The number of carbonyl (C=O) groups excluding carboxylic acids is 1. The number of rotatable bonds is 1. The summed E-state index contributed by atoms with van der Waals surface area (Å²) in [5.41, 5.74) is 0.427. The number of pyridine rings is 1. The highest BCUT2D eigenvalue weighted by molar-refractivity contribution is 6.30. The van der Waals surface area contributed by atoms with Gasteiger partial charge in [0.25, 0.3) is 5.91 Å². The Hall–Kier alpha value is -1.78. The molecule has 92 valence electrons. The molecule has 0 spiro atoms. The maximum Gasteiger partial charge on any atom is 0.277 e. The molecule has 1 N–H and O–H groups in total. The van der Waals surface area contributed by atoms with E-state index in [9.17, 15) is 4.79 Å². The Balaban J connectivity index is 2.35. The Bertz CT molecular complexity index is 648. The first-order valence-corrected chi connectivity index (χ1v) is 5.74. The second kappa shape index (κ2) is 5.25. The molecule has 0 aliphatic rings. The van der Waals surface area contributed by atoms with Crippen LogP contribution in [0.5, 0.6) is 0 Å². The van der Waals surface area contributed by atoms with Crippen LogP contribution in [0.25, 0.3) is 0 Å². The molecule has 1 amide bonds. The molecule has 1 aromatic heterocycles. The van der Waals surface area contributed by atoms with E-state index in [1.165, 1.54) is 18.3 Å². The Morgan fingerprint density at radius 2 is 1.83 bits per heavy atom. The van der Waals surface area contributed by atoms with Gasteiger partial charge in [0, 0.05) is 22.8 Å². The summed E-state index contributed by atoms with van der Waals surface area (Å²) < 4.78 is 0.730. The fraction of sp³-hybridized carbons (Fsp3) is 0. The summed E-state index contributed by atoms with van der Waals surface area (Å²) >= 11 is 11.4. The van der Waals surface area contributed by atoms with Crippen LogP contribution in [0.15, 0.2) is 47.6 Å². The van der Waals surface area contributed by atoms with Crippen molar-refractivity contribution >= 4 is 29.1 Å². The number of benzene rings is 1. The molecule has 0 saturated heterocycles. The summed E-state index contributed by atoms with van der Waals surface area (Å²) in [7, 11) is 0. The number of hydrogen-bond donors (Lipinski definition) is 1. The first-order chi connectivity index (χ1) is 8.56. The maximum absolute atomic E-state index is 11.8. The lowest BCUT2D eigenvalue weighted by Gasteiger charge is -1.99. The van der Waals surface area contributed by atoms with Crippen LogP contribution in [0.3, 0.4) is 0 Å². The second-order valence-electron chi connectivity index (χ2n) is 3.48. The molecule has 0 fully saturated rings. The number of nitrogens with zero attached hydrogens (tertiary/aromatic N) is 2. The van der Waals surface area contributed by atoms with E-state index in [4.69, 9.17) is 28.4 Å². The highest BCUT2D eigenvalue weighted by atomic mass is 35.5. The largest absolute Gasteiger partial charge is 0.428 e. The van der Waals surface area contributed by atoms with E-state index in [1.54, 1.807) is 24.3 Å². The van der Waals surface area contributed by atoms with E-state index in [2.05, 4.69) is 4.99 Å². The van der Waals surface area contributed by atoms with Crippen molar-refractivity contribution in [1.29, 1.82) is 0 Å². The predicted molar refractivity (Wildman–Crippen MR) is 68.0 cm³/mol. The van der Waals surface area contributed by atoms with Gasteiger partial charge in [-0.2, -0.15) is 4.73 Å². The summed E-state index contributed by atoms with van der Waals surface area (Å²) in [6.07, 6.45) is 1.30. The Kier molecular flexibility index (Phi) is 3.69. The smallest absolute Gasteiger partial charge is 0.277 e. The molecule has 2 rings (SSSR count). The van der Waals surface area contributed by atoms with Crippen LogP contribution >= 0.6 is 23.2 Å². The fourth-order valence-electron chi connectivity index (χ4n) is 1.30. The lowest BCUT2D eigenvalue weighted by molar-refractivity contribution is 0.0998. The molecule has 2 aromatic rings. The summed E-state index contributed by atoms with van der Waals surface area (Å²) in [6.45, 7) is 0. The number of halogens is 2. The molecule has 0 aliphatic heterocycles. The van der Waals surface area contributed by atoms with Crippen molar-refractivity contribution in [2.24, 2.45) is 4.99 Å². The zero-order valence-corrected chi connectivity index (χ0v) is 10.6. The molecule has 6 heteroatoms. The third-order valence-electron chi connectivity index (χ3n) is 2.19. The minimum atomic E-state index is -0.404. The monoisotopic (exact) mass is 282 g/mol. The van der Waals surface area contributed by atoms with Crippen LogP contribution in [0, 0.1) is 0 Å². The SMILES string of the molecule is O=C(N=c1ccn(O)c(Cl)c1)c1ccc(Cl)cc1. The van der Waals surface area contributed by atoms with Crippen LogP contribution in [-0.4, -0.2) is 15.8 Å². The average molecular weight is 283 g/mol. The molecule has 0 bridgehead atoms. The van der Waals surface area contributed by atoms with E-state index >= 15 is 0 Å². The summed E-state index contributed by atoms with van der Waals surface area (Å²) in [5, 5.41) is 10.2. The van der Waals surface area contributed by atoms with Crippen molar-refractivity contribution in [2.45, 2.75) is 0 Å². The molecular formula is C12H8Cl2N2O2. The van der Waals surface area contributed by atoms with Gasteiger partial charge in [0.05, 0.1) is 5.36 Å². The Morgan fingerprint density at radius 3 is 2.44 bits per heavy atom. The van der Waals surface area contributed by atoms with Crippen molar-refractivity contribution in [1.82, 2.24) is 4.73 Å². The number of aromatic nitrogens is 1. The lowest BCUT2D eigenvalue weighted by atomic mass is 10.2. The highest BCUT2D eigenvalue weighted by Crippen LogP contribution is 2.10. The number of amides is 1. The molecule has 0 atom stereocenters. The molecular weight excluding hydrogens is 275 g/mol. The topological polar surface area (TPSA) is 54.6 Å². The second-order valence-corrected chi connectivity index (χ2v) is 4.30. The van der Waals surface area contributed by atoms with E-state index in [0.29, 0.717) is 15.9 Å². The summed E-state index contributed by atoms with van der Waals surface area (Å²) in [4.78, 5) is 15.7. The number of carbonyl (C=O) groups is 1. The zero-order chi connectivity index (χ0) is 13.1. The molecule has 18 heavy (non-hydrogen) atoms. The minimum absolute atomic E-state index is 0.0696. The van der Waals surface area contributed by atoms with Gasteiger partial charge >= 0.3 is 0 Å². The van der Waals surface area contributed by atoms with E-state index in [-0.39, 0.29) is 5.15 Å². The molecule has 0 aliphatic carbocycles. The molecule has 0 saturated carbocycles. The van der Waals surface area contributed by atoms with Crippen LogP contribution in [0.1, 0.15) is 10.4 Å². The van der Waals surface area contributed by atoms with Crippen molar-refractivity contribution in [3.05, 3.63) is 63.7 Å². The lowest BCUT2D eigenvalue weighted by Crippen LogP contribution is -2.09. The predicted octanol–water partition coefficient (Wildman–Crippen LogP) is 2.77. The minimum Gasteiger partial charge on any atom is -0.428 e. The van der Waals surface area contributed by atoms with Gasteiger partial charge in [-0.1, -0.05) is 23.2 Å². The summed E-state index contributed by atoms with van der Waals surface area (Å²) in [6, 6.07) is 9.26. The molecule has 1 aromatic carbocycles. The van der Waals surface area contributed by atoms with Crippen LogP contribution in [-0.2, 0) is 0 Å². The molecule has 1 heterocycles. The van der Waals surface area contributed by atoms with Gasteiger partial charge in [-0.25, -0.2) is 4.99 Å². The molecule has 4 nitrogen and oxygen atoms in total. The van der Waals surface area contributed by atoms with Crippen molar-refractivity contribution in [3.8, 4) is 0 Å². The van der Waals surface area contributed by atoms with Gasteiger partial charge < -0.3 is 5.21 Å². The van der Waals surface area contributed by atoms with Gasteiger partial charge in [-0.15, -0.1) is 0 Å². The quantitative estimate of drug-likeness (QED) is 0.646. The maximum atomic E-state index is 11.8. The summed E-state index contributed by atoms with van der Waals surface area (Å²) in [5.74, 6) is -0.404. The normalized spacial score (nSPS) is 11.6. The first kappa shape index (κ1) is 12.7. The van der Waals surface area contributed by atoms with Gasteiger partial charge in [0.1, 0.15) is 5.15 Å². The third kappa shape index (κ3) is 2.91. The first-order valence-electron chi connectivity index (χ1n) is 4.98. The Morgan fingerprint density at radius 1 is 1.17 bits per heavy atom. The van der Waals surface area contributed by atoms with E-state index in [1.807, 2.05) is 0 Å². The Labute approximate surface area is 113 Å². The molecule has 0 radical (unpaired) electrons. The average Bonchev–Trinajstić information content (AvgIpc) is 2.34. The van der Waals surface area contributed by atoms with Crippen molar-refractivity contribution in [3.63, 3.8) is 0 Å². The fourth-order valence-corrected chi connectivity index (χ4v) is 1.59. The van der Waals surface area contributed by atoms with E-state index in [0.717, 1.165) is 4.73 Å². The molecule has 0 unspecified atom stereocenters. The third-order valence-corrected chi connectivity index (χ3v) is 2.73. The number of hydrogen-bond acceptors (Lipinski definition) is 2. The standard InChI is InChI=1S/C12H8Cl2N2O2/c13-9-3-1-8(2-4-9)12(17)15-10-5-6-16(18)11(14)7-10/h1-7,18H. The van der Waals surface area contributed by atoms with Crippen molar-refractivity contribution < 1.29 is 10.0 Å². The highest BCUT2D eigenvalue weighted by Gasteiger charge is 2.03. The van der Waals surface area contributed by atoms with Gasteiger partial charge in [0.2, 0.25) is 0 Å². The van der Waals surface area contributed by atoms with Gasteiger partial charge in [-0.05, 0) is 30.3 Å². The van der Waals surface area contributed by atoms with Gasteiger partial charge in [0.15, 0.2) is 0 Å².